The maximum Gasteiger partial charge on any atom is 0.297 e. The van der Waals surface area contributed by atoms with Gasteiger partial charge in [-0.25, -0.2) is 0 Å². The summed E-state index contributed by atoms with van der Waals surface area (Å²) >= 11 is 0. The van der Waals surface area contributed by atoms with Crippen molar-refractivity contribution in [3.8, 4) is 11.5 Å². The fourth-order valence-electron chi connectivity index (χ4n) is 5.77. The number of rotatable bonds is 13. The highest BCUT2D eigenvalue weighted by atomic mass is 32.2. The van der Waals surface area contributed by atoms with Crippen molar-refractivity contribution >= 4 is 113 Å². The van der Waals surface area contributed by atoms with Gasteiger partial charge in [0.25, 0.3) is 62.2 Å². The van der Waals surface area contributed by atoms with E-state index in [1.165, 1.54) is 6.92 Å². The maximum absolute atomic E-state index is 13.1. The number of fused-ring (bicyclic) bond motifs is 1. The van der Waals surface area contributed by atoms with Crippen molar-refractivity contribution in [2.24, 2.45) is 35.8 Å². The van der Waals surface area contributed by atoms with Gasteiger partial charge in [-0.1, -0.05) is 0 Å². The minimum atomic E-state index is -5.54. The van der Waals surface area contributed by atoms with Crippen LogP contribution in [0, 0.1) is 10.1 Å². The van der Waals surface area contributed by atoms with Crippen LogP contribution in [0.1, 0.15) is 6.92 Å². The number of nitro groups is 1. The van der Waals surface area contributed by atoms with E-state index in [2.05, 4.69) is 35.8 Å². The van der Waals surface area contributed by atoms with Gasteiger partial charge in [0.15, 0.2) is 17.5 Å². The van der Waals surface area contributed by atoms with Crippen molar-refractivity contribution in [2.75, 3.05) is 5.01 Å². The molecule has 1 amide bonds. The normalized spacial score (nSPS) is 15.4. The number of benzene rings is 5. The molecule has 0 fully saturated rings. The SMILES string of the molecule is CC1=NN(c2ccc(S(=O)(=O)O)cc2)C(=O)C1N=Nc1ccc(N=Nc2c(S(=O)(=O)O)cc3cc(S(=O)(=O)O)c(N=Nc4ccc([N+](=O)[O-])cc4S(=O)(=O)O)c(O)c3c2O)c(S(=O)(=O)O)c1. The third-order valence-corrected chi connectivity index (χ3v) is 13.1. The van der Waals surface area contributed by atoms with Gasteiger partial charge in [-0.05, 0) is 73.0 Å². The lowest BCUT2D eigenvalue weighted by atomic mass is 10.1. The van der Waals surface area contributed by atoms with E-state index in [1.54, 1.807) is 0 Å². The number of aromatic hydroxyl groups is 2. The second kappa shape index (κ2) is 17.0. The first kappa shape index (κ1) is 48.3. The summed E-state index contributed by atoms with van der Waals surface area (Å²) in [6, 6.07) is 7.75. The summed E-state index contributed by atoms with van der Waals surface area (Å²) < 4.78 is 170. The van der Waals surface area contributed by atoms with Crippen molar-refractivity contribution in [1.29, 1.82) is 0 Å². The Kier molecular flexibility index (Phi) is 12.4. The molecule has 0 aromatic heterocycles. The third-order valence-electron chi connectivity index (χ3n) is 8.74. The number of anilines is 1. The van der Waals surface area contributed by atoms with Crippen molar-refractivity contribution in [1.82, 2.24) is 0 Å². The lowest BCUT2D eigenvalue weighted by molar-refractivity contribution is -0.385. The number of azo groups is 3. The zero-order valence-corrected chi connectivity index (χ0v) is 36.1. The van der Waals surface area contributed by atoms with Crippen molar-refractivity contribution < 1.29 is 84.8 Å². The molecule has 6 rings (SSSR count). The van der Waals surface area contributed by atoms with E-state index in [0.29, 0.717) is 36.4 Å². The first-order valence-corrected chi connectivity index (χ1v) is 24.2. The van der Waals surface area contributed by atoms with E-state index in [9.17, 15) is 90.0 Å². The molecule has 0 saturated carbocycles. The Morgan fingerprint density at radius 2 is 1.08 bits per heavy atom. The number of non-ortho nitro benzene ring substituents is 1. The van der Waals surface area contributed by atoms with Crippen molar-refractivity contribution in [3.63, 3.8) is 0 Å². The lowest BCUT2D eigenvalue weighted by Crippen LogP contribution is -2.29. The van der Waals surface area contributed by atoms with Crippen LogP contribution in [0.3, 0.4) is 0 Å². The highest BCUT2D eigenvalue weighted by molar-refractivity contribution is 7.87. The minimum absolute atomic E-state index is 0.0547. The largest absolute Gasteiger partial charge is 0.505 e. The summed E-state index contributed by atoms with van der Waals surface area (Å²) in [6.07, 6.45) is 0. The standard InChI is InChI=1S/C32H23N9O20S5/c1-14-27(32(44)40(39-14)17-3-6-19(7-4-17)62(47,48)49)36-33-16-2-8-20(22(12-16)63(50,51)52)34-37-28-24(65(56,57)58)10-15-11-25(66(59,60)61)29(31(43)26(15)30(28)42)38-35-21-9-5-18(41(45)46)13-23(21)64(53,54)55/h2-13,27,42-43H,1H3,(H,47,48,49)(H,50,51,52)(H,53,54,55)(H,56,57,58)(H,59,60,61). The van der Waals surface area contributed by atoms with Crippen LogP contribution in [0.15, 0.2) is 133 Å². The van der Waals surface area contributed by atoms with Crippen molar-refractivity contribution in [3.05, 3.63) is 82.9 Å². The molecule has 34 heteroatoms. The van der Waals surface area contributed by atoms with Gasteiger partial charge in [0.2, 0.25) is 0 Å². The molecule has 5 aromatic rings. The number of hydrogen-bond acceptors (Lipinski definition) is 22. The Morgan fingerprint density at radius 1 is 0.606 bits per heavy atom. The first-order valence-electron chi connectivity index (χ1n) is 17.0. The summed E-state index contributed by atoms with van der Waals surface area (Å²) in [5.41, 5.74) is -5.48. The molecule has 1 aliphatic rings. The molecule has 0 saturated heterocycles. The number of phenolic OH excluding ortho intramolecular Hbond substituents is 2. The summed E-state index contributed by atoms with van der Waals surface area (Å²) in [5.74, 6) is -3.77. The number of hydrogen-bond donors (Lipinski definition) is 7. The molecule has 5 aromatic carbocycles. The van der Waals surface area contributed by atoms with Crippen LogP contribution in [0.5, 0.6) is 11.5 Å². The molecule has 346 valence electrons. The van der Waals surface area contributed by atoms with Gasteiger partial charge in [-0.2, -0.15) is 62.4 Å². The smallest absolute Gasteiger partial charge is 0.297 e. The minimum Gasteiger partial charge on any atom is -0.505 e. The van der Waals surface area contributed by atoms with E-state index in [-0.39, 0.29) is 17.1 Å². The molecular formula is C32H23N9O20S5. The molecule has 29 nitrogen and oxygen atoms in total. The van der Waals surface area contributed by atoms with E-state index in [1.807, 2.05) is 0 Å². The van der Waals surface area contributed by atoms with E-state index >= 15 is 0 Å². The van der Waals surface area contributed by atoms with Gasteiger partial charge in [-0.3, -0.25) is 37.7 Å². The summed E-state index contributed by atoms with van der Waals surface area (Å²) in [5, 5.41) is 58.3. The Labute approximate surface area is 368 Å². The summed E-state index contributed by atoms with van der Waals surface area (Å²) in [6.45, 7) is 1.37. The second-order valence-electron chi connectivity index (χ2n) is 13.1. The molecule has 7 N–H and O–H groups in total. The highest BCUT2D eigenvalue weighted by Crippen LogP contribution is 2.50. The highest BCUT2D eigenvalue weighted by Gasteiger charge is 2.35. The van der Waals surface area contributed by atoms with Gasteiger partial charge in [-0.15, -0.1) is 20.5 Å². The quantitative estimate of drug-likeness (QED) is 0.0349. The van der Waals surface area contributed by atoms with Crippen LogP contribution in [0.2, 0.25) is 0 Å². The number of carbonyl (C=O) groups excluding carboxylic acids is 1. The second-order valence-corrected chi connectivity index (χ2v) is 20.1. The van der Waals surface area contributed by atoms with Crippen LogP contribution in [-0.2, 0) is 55.4 Å². The summed E-state index contributed by atoms with van der Waals surface area (Å²) in [4.78, 5) is 17.6. The average molecular weight is 1010 g/mol. The maximum atomic E-state index is 13.1. The first-order chi connectivity index (χ1) is 30.4. The predicted octanol–water partition coefficient (Wildman–Crippen LogP) is 5.10. The fraction of sp³-hybridized carbons (Fsp3) is 0.0625. The van der Waals surface area contributed by atoms with E-state index in [0.717, 1.165) is 41.4 Å². The van der Waals surface area contributed by atoms with Crippen LogP contribution in [0.4, 0.5) is 39.8 Å². The van der Waals surface area contributed by atoms with E-state index in [4.69, 9.17) is 0 Å². The van der Waals surface area contributed by atoms with Crippen LogP contribution in [-0.4, -0.2) is 97.6 Å². The summed E-state index contributed by atoms with van der Waals surface area (Å²) in [7, 11) is -26.3. The van der Waals surface area contributed by atoms with Gasteiger partial charge in [0.1, 0.15) is 42.3 Å². The number of nitrogens with zero attached hydrogens (tertiary/aromatic N) is 9. The fourth-order valence-corrected chi connectivity index (χ4v) is 8.85. The molecule has 1 aliphatic heterocycles. The number of hydrazone groups is 1. The van der Waals surface area contributed by atoms with Gasteiger partial charge >= 0.3 is 0 Å². The topological polar surface area (TPSA) is 462 Å². The third kappa shape index (κ3) is 9.90. The molecule has 1 heterocycles. The number of nitro benzene ring substituents is 1. The Hall–Kier alpha value is -7.15. The van der Waals surface area contributed by atoms with E-state index < -0.39 is 143 Å². The predicted molar refractivity (Wildman–Crippen MR) is 220 cm³/mol. The Balaban J connectivity index is 1.42. The Morgan fingerprint density at radius 3 is 1.53 bits per heavy atom. The molecule has 0 spiro atoms. The van der Waals surface area contributed by atoms with Gasteiger partial charge in [0, 0.05) is 12.1 Å². The molecule has 1 atom stereocenters. The van der Waals surface area contributed by atoms with Crippen LogP contribution >= 0.6 is 0 Å². The van der Waals surface area contributed by atoms with Gasteiger partial charge in [0.05, 0.1) is 32.3 Å². The molecule has 0 aliphatic carbocycles. The zero-order valence-electron chi connectivity index (χ0n) is 32.0. The molecular weight excluding hydrogens is 991 g/mol. The van der Waals surface area contributed by atoms with Crippen LogP contribution in [0.25, 0.3) is 10.8 Å². The average Bonchev–Trinajstić information content (AvgIpc) is 3.49. The van der Waals surface area contributed by atoms with Gasteiger partial charge < -0.3 is 10.2 Å². The molecule has 0 radical (unpaired) electrons. The zero-order chi connectivity index (χ0) is 49.1. The lowest BCUT2D eigenvalue weighted by Gasteiger charge is -2.13. The number of phenols is 2. The van der Waals surface area contributed by atoms with Crippen molar-refractivity contribution in [2.45, 2.75) is 37.4 Å². The molecule has 66 heavy (non-hydrogen) atoms. The molecule has 0 bridgehead atoms. The monoisotopic (exact) mass is 1010 g/mol. The number of amides is 1. The number of carbonyl (C=O) groups is 1. The molecule has 1 unspecified atom stereocenters. The van der Waals surface area contributed by atoms with Crippen LogP contribution < -0.4 is 5.01 Å². The Bertz CT molecular complexity index is 3660.